The van der Waals surface area contributed by atoms with Crippen molar-refractivity contribution in [3.8, 4) is 0 Å². The van der Waals surface area contributed by atoms with E-state index in [9.17, 15) is 15.0 Å². The van der Waals surface area contributed by atoms with E-state index in [1.807, 2.05) is 6.92 Å². The van der Waals surface area contributed by atoms with Crippen LogP contribution in [-0.2, 0) is 4.79 Å². The molecule has 2 aliphatic carbocycles. The highest BCUT2D eigenvalue weighted by Crippen LogP contribution is 2.47. The Bertz CT molecular complexity index is 348. The molecule has 102 valence electrons. The molecule has 0 saturated heterocycles. The zero-order valence-corrected chi connectivity index (χ0v) is 11.3. The Morgan fingerprint density at radius 1 is 1.44 bits per heavy atom. The molecule has 2 aliphatic rings. The van der Waals surface area contributed by atoms with Gasteiger partial charge in [0.2, 0.25) is 0 Å². The van der Waals surface area contributed by atoms with E-state index in [1.165, 1.54) is 0 Å². The first-order valence-electron chi connectivity index (χ1n) is 7.07. The molecular weight excluding hydrogens is 228 g/mol. The smallest absolute Gasteiger partial charge is 0.306 e. The normalized spacial score (nSPS) is 37.6. The maximum Gasteiger partial charge on any atom is 0.306 e. The molecule has 18 heavy (non-hydrogen) atoms. The zero-order chi connectivity index (χ0) is 13.3. The number of rotatable bonds is 3. The van der Waals surface area contributed by atoms with E-state index in [-0.39, 0.29) is 18.4 Å². The fourth-order valence-electron chi connectivity index (χ4n) is 3.89. The van der Waals surface area contributed by atoms with Crippen molar-refractivity contribution in [2.24, 2.45) is 29.6 Å². The van der Waals surface area contributed by atoms with Gasteiger partial charge in [0.1, 0.15) is 0 Å². The van der Waals surface area contributed by atoms with E-state index in [4.69, 9.17) is 0 Å². The van der Waals surface area contributed by atoms with Crippen molar-refractivity contribution < 1.29 is 15.0 Å². The van der Waals surface area contributed by atoms with Gasteiger partial charge in [0.05, 0.1) is 12.5 Å². The van der Waals surface area contributed by atoms with Gasteiger partial charge in [-0.2, -0.15) is 0 Å². The Balaban J connectivity index is 2.23. The topological polar surface area (TPSA) is 57.5 Å². The lowest BCUT2D eigenvalue weighted by atomic mass is 9.60. The standard InChI is InChI=1S/C15H24O3/c1-9-3-5-13(10(2)15(17)18)14-7-11(8-16)4-6-12(9)14/h7,9-10,12-14,16H,3-6,8H2,1-2H3,(H,17,18)/t9-,10+,12-,13+,14-/m1/s1. The van der Waals surface area contributed by atoms with Gasteiger partial charge < -0.3 is 10.2 Å². The van der Waals surface area contributed by atoms with Gasteiger partial charge in [-0.25, -0.2) is 0 Å². The summed E-state index contributed by atoms with van der Waals surface area (Å²) in [5, 5.41) is 18.5. The average Bonchev–Trinajstić information content (AvgIpc) is 2.38. The number of aliphatic carboxylic acids is 1. The third-order valence-corrected chi connectivity index (χ3v) is 5.14. The van der Waals surface area contributed by atoms with Gasteiger partial charge in [0, 0.05) is 0 Å². The second-order valence-electron chi connectivity index (χ2n) is 6.11. The molecule has 0 aromatic rings. The van der Waals surface area contributed by atoms with Crippen LogP contribution < -0.4 is 0 Å². The predicted octanol–water partition coefficient (Wildman–Crippen LogP) is 2.70. The Hall–Kier alpha value is -0.830. The molecule has 0 bridgehead atoms. The minimum Gasteiger partial charge on any atom is -0.481 e. The number of hydrogen-bond acceptors (Lipinski definition) is 2. The molecule has 0 amide bonds. The van der Waals surface area contributed by atoms with Crippen LogP contribution in [0, 0.1) is 29.6 Å². The summed E-state index contributed by atoms with van der Waals surface area (Å²) < 4.78 is 0. The number of aliphatic hydroxyl groups excluding tert-OH is 1. The molecule has 0 unspecified atom stereocenters. The summed E-state index contributed by atoms with van der Waals surface area (Å²) in [5.41, 5.74) is 1.10. The van der Waals surface area contributed by atoms with Crippen LogP contribution in [0.25, 0.3) is 0 Å². The zero-order valence-electron chi connectivity index (χ0n) is 11.3. The number of carboxylic acid groups (broad SMARTS) is 1. The summed E-state index contributed by atoms with van der Waals surface area (Å²) in [6, 6.07) is 0. The molecule has 0 spiro atoms. The second kappa shape index (κ2) is 5.43. The van der Waals surface area contributed by atoms with Crippen LogP contribution in [0.4, 0.5) is 0 Å². The number of fused-ring (bicyclic) bond motifs is 1. The molecule has 5 atom stereocenters. The third kappa shape index (κ3) is 2.46. The molecule has 1 saturated carbocycles. The first kappa shape index (κ1) is 13.6. The number of hydrogen-bond donors (Lipinski definition) is 2. The van der Waals surface area contributed by atoms with Gasteiger partial charge in [0.15, 0.2) is 0 Å². The first-order valence-corrected chi connectivity index (χ1v) is 7.07. The van der Waals surface area contributed by atoms with E-state index in [1.54, 1.807) is 0 Å². The molecule has 0 aliphatic heterocycles. The lowest BCUT2D eigenvalue weighted by molar-refractivity contribution is -0.144. The van der Waals surface area contributed by atoms with Crippen LogP contribution in [0.2, 0.25) is 0 Å². The molecule has 3 nitrogen and oxygen atoms in total. The summed E-state index contributed by atoms with van der Waals surface area (Å²) in [4.78, 5) is 11.2. The largest absolute Gasteiger partial charge is 0.481 e. The maximum atomic E-state index is 11.2. The van der Waals surface area contributed by atoms with Gasteiger partial charge >= 0.3 is 5.97 Å². The number of aliphatic hydroxyl groups is 1. The van der Waals surface area contributed by atoms with Crippen molar-refractivity contribution >= 4 is 5.97 Å². The second-order valence-corrected chi connectivity index (χ2v) is 6.11. The number of carboxylic acids is 1. The molecule has 1 fully saturated rings. The highest BCUT2D eigenvalue weighted by Gasteiger charge is 2.41. The minimum absolute atomic E-state index is 0.131. The first-order chi connectivity index (χ1) is 8.54. The van der Waals surface area contributed by atoms with Gasteiger partial charge in [-0.15, -0.1) is 0 Å². The summed E-state index contributed by atoms with van der Waals surface area (Å²) in [5.74, 6) is 0.933. The van der Waals surface area contributed by atoms with E-state index in [0.717, 1.165) is 31.3 Å². The molecule has 0 aromatic carbocycles. The Labute approximate surface area is 109 Å². The summed E-state index contributed by atoms with van der Waals surface area (Å²) in [7, 11) is 0. The maximum absolute atomic E-state index is 11.2. The van der Waals surface area contributed by atoms with E-state index >= 15 is 0 Å². The third-order valence-electron chi connectivity index (χ3n) is 5.14. The summed E-state index contributed by atoms with van der Waals surface area (Å²) in [6.07, 6.45) is 6.43. The highest BCUT2D eigenvalue weighted by atomic mass is 16.4. The molecule has 0 radical (unpaired) electrons. The molecule has 2 rings (SSSR count). The number of allylic oxidation sites excluding steroid dienone is 1. The molecule has 3 heteroatoms. The lowest BCUT2D eigenvalue weighted by Gasteiger charge is -2.45. The average molecular weight is 252 g/mol. The van der Waals surface area contributed by atoms with Gasteiger partial charge in [-0.1, -0.05) is 26.3 Å². The van der Waals surface area contributed by atoms with E-state index < -0.39 is 5.97 Å². The minimum atomic E-state index is -0.683. The van der Waals surface area contributed by atoms with Crippen molar-refractivity contribution in [2.75, 3.05) is 6.61 Å². The SMILES string of the molecule is C[C@@H]1CC[C@@H]([C@H](C)C(=O)O)[C@@H]2C=C(CO)CC[C@@H]21. The van der Waals surface area contributed by atoms with Crippen molar-refractivity contribution in [3.05, 3.63) is 11.6 Å². The van der Waals surface area contributed by atoms with E-state index in [2.05, 4.69) is 13.0 Å². The van der Waals surface area contributed by atoms with Crippen molar-refractivity contribution in [2.45, 2.75) is 39.5 Å². The molecule has 0 heterocycles. The molecule has 2 N–H and O–H groups in total. The van der Waals surface area contributed by atoms with Gasteiger partial charge in [-0.3, -0.25) is 4.79 Å². The van der Waals surface area contributed by atoms with Crippen LogP contribution in [0.1, 0.15) is 39.5 Å². The van der Waals surface area contributed by atoms with Crippen molar-refractivity contribution in [1.29, 1.82) is 0 Å². The van der Waals surface area contributed by atoms with Crippen LogP contribution in [0.3, 0.4) is 0 Å². The monoisotopic (exact) mass is 252 g/mol. The lowest BCUT2D eigenvalue weighted by Crippen LogP contribution is -2.39. The van der Waals surface area contributed by atoms with Gasteiger partial charge in [0.25, 0.3) is 0 Å². The van der Waals surface area contributed by atoms with Gasteiger partial charge in [-0.05, 0) is 48.5 Å². The fraction of sp³-hybridized carbons (Fsp3) is 0.800. The Morgan fingerprint density at radius 2 is 2.17 bits per heavy atom. The number of carbonyl (C=O) groups is 1. The predicted molar refractivity (Wildman–Crippen MR) is 70.1 cm³/mol. The summed E-state index contributed by atoms with van der Waals surface area (Å²) >= 11 is 0. The van der Waals surface area contributed by atoms with Crippen molar-refractivity contribution in [1.82, 2.24) is 0 Å². The Kier molecular flexibility index (Phi) is 4.10. The van der Waals surface area contributed by atoms with E-state index in [0.29, 0.717) is 17.8 Å². The Morgan fingerprint density at radius 3 is 2.78 bits per heavy atom. The fourth-order valence-corrected chi connectivity index (χ4v) is 3.89. The quantitative estimate of drug-likeness (QED) is 0.759. The highest BCUT2D eigenvalue weighted by molar-refractivity contribution is 5.70. The van der Waals surface area contributed by atoms with Crippen LogP contribution >= 0.6 is 0 Å². The molecule has 0 aromatic heterocycles. The molecular formula is C15H24O3. The van der Waals surface area contributed by atoms with Crippen LogP contribution in [0.15, 0.2) is 11.6 Å². The van der Waals surface area contributed by atoms with Crippen molar-refractivity contribution in [3.63, 3.8) is 0 Å². The van der Waals surface area contributed by atoms with Crippen LogP contribution in [-0.4, -0.2) is 22.8 Å². The van der Waals surface area contributed by atoms with Crippen LogP contribution in [0.5, 0.6) is 0 Å². The summed E-state index contributed by atoms with van der Waals surface area (Å²) in [6.45, 7) is 4.25.